The highest BCUT2D eigenvalue weighted by Gasteiger charge is 2.33. The Kier molecular flexibility index (Phi) is 12.3. The second-order valence-electron chi connectivity index (χ2n) is 9.39. The third-order valence-corrected chi connectivity index (χ3v) is 5.37. The second kappa shape index (κ2) is 12.7. The smallest absolute Gasteiger partial charge is 0.407 e. The van der Waals surface area contributed by atoms with Crippen LogP contribution in [0.25, 0.3) is 0 Å². The Balaban J connectivity index is 4.26. The zero-order chi connectivity index (χ0) is 22.0. The molecule has 3 unspecified atom stereocenters. The molecule has 6 nitrogen and oxygen atoms in total. The van der Waals surface area contributed by atoms with Crippen molar-refractivity contribution in [2.75, 3.05) is 19.8 Å². The first-order valence-electron chi connectivity index (χ1n) is 10.7. The molecule has 0 saturated carbocycles. The Morgan fingerprint density at radius 3 is 2.21 bits per heavy atom. The topological polar surface area (TPSA) is 77.0 Å². The molecule has 0 aromatic heterocycles. The number of rotatable bonds is 14. The SMILES string of the molecule is CCCCC(C)(C)OC(C)C(C)(C)OCC(O)COC(=O)NCC(C)C(C)C. The standard InChI is InChI=1S/C22H45NO5/c1-10-11-12-21(6,7)28-18(5)22(8,9)27-15-19(24)14-26-20(25)23-13-17(4)16(2)3/h16-19,24H,10-15H2,1-9H3,(H,23,25). The molecule has 0 aromatic rings. The van der Waals surface area contributed by atoms with Crippen LogP contribution in [-0.2, 0) is 14.2 Å². The van der Waals surface area contributed by atoms with Crippen molar-refractivity contribution in [3.8, 4) is 0 Å². The summed E-state index contributed by atoms with van der Waals surface area (Å²) in [5, 5.41) is 12.8. The van der Waals surface area contributed by atoms with E-state index in [0.717, 1.165) is 19.3 Å². The van der Waals surface area contributed by atoms with Crippen LogP contribution in [-0.4, -0.2) is 54.4 Å². The van der Waals surface area contributed by atoms with Gasteiger partial charge in [-0.3, -0.25) is 0 Å². The van der Waals surface area contributed by atoms with E-state index >= 15 is 0 Å². The van der Waals surface area contributed by atoms with E-state index in [9.17, 15) is 9.90 Å². The minimum atomic E-state index is -0.882. The van der Waals surface area contributed by atoms with Crippen molar-refractivity contribution in [1.29, 1.82) is 0 Å². The Morgan fingerprint density at radius 2 is 1.68 bits per heavy atom. The molecule has 0 saturated heterocycles. The maximum atomic E-state index is 11.7. The third-order valence-electron chi connectivity index (χ3n) is 5.37. The van der Waals surface area contributed by atoms with E-state index < -0.39 is 17.8 Å². The third kappa shape index (κ3) is 11.9. The fraction of sp³-hybridized carbons (Fsp3) is 0.955. The number of hydrogen-bond acceptors (Lipinski definition) is 5. The van der Waals surface area contributed by atoms with Gasteiger partial charge in [0.15, 0.2) is 0 Å². The molecule has 0 heterocycles. The van der Waals surface area contributed by atoms with E-state index in [2.05, 4.69) is 46.9 Å². The molecule has 168 valence electrons. The number of amides is 1. The molecule has 0 rings (SSSR count). The molecule has 3 atom stereocenters. The summed E-state index contributed by atoms with van der Waals surface area (Å²) in [6.07, 6.45) is 1.71. The maximum absolute atomic E-state index is 11.7. The zero-order valence-electron chi connectivity index (χ0n) is 19.6. The van der Waals surface area contributed by atoms with Gasteiger partial charge in [-0.25, -0.2) is 4.79 Å². The van der Waals surface area contributed by atoms with Crippen molar-refractivity contribution in [3.63, 3.8) is 0 Å². The number of carbonyl (C=O) groups is 1. The van der Waals surface area contributed by atoms with E-state index in [4.69, 9.17) is 14.2 Å². The summed E-state index contributed by atoms with van der Waals surface area (Å²) >= 11 is 0. The van der Waals surface area contributed by atoms with Gasteiger partial charge < -0.3 is 24.6 Å². The largest absolute Gasteiger partial charge is 0.447 e. The predicted octanol–water partition coefficient (Wildman–Crippen LogP) is 4.53. The normalized spacial score (nSPS) is 16.0. The van der Waals surface area contributed by atoms with Crippen molar-refractivity contribution < 1.29 is 24.1 Å². The van der Waals surface area contributed by atoms with Gasteiger partial charge in [-0.15, -0.1) is 0 Å². The van der Waals surface area contributed by atoms with Crippen molar-refractivity contribution in [1.82, 2.24) is 5.32 Å². The van der Waals surface area contributed by atoms with E-state index in [1.807, 2.05) is 20.8 Å². The van der Waals surface area contributed by atoms with E-state index in [0.29, 0.717) is 18.4 Å². The van der Waals surface area contributed by atoms with Gasteiger partial charge in [0, 0.05) is 6.54 Å². The number of ether oxygens (including phenoxy) is 3. The van der Waals surface area contributed by atoms with Gasteiger partial charge in [0.25, 0.3) is 0 Å². The quantitative estimate of drug-likeness (QED) is 0.445. The molecule has 0 aliphatic carbocycles. The lowest BCUT2D eigenvalue weighted by Gasteiger charge is -2.38. The van der Waals surface area contributed by atoms with Gasteiger partial charge in [0.05, 0.1) is 23.9 Å². The predicted molar refractivity (Wildman–Crippen MR) is 114 cm³/mol. The zero-order valence-corrected chi connectivity index (χ0v) is 19.6. The van der Waals surface area contributed by atoms with Crippen LogP contribution in [0.1, 0.15) is 81.6 Å². The Bertz CT molecular complexity index is 437. The van der Waals surface area contributed by atoms with E-state index in [1.54, 1.807) is 0 Å². The average molecular weight is 404 g/mol. The van der Waals surface area contributed by atoms with Crippen molar-refractivity contribution in [3.05, 3.63) is 0 Å². The van der Waals surface area contributed by atoms with Gasteiger partial charge in [-0.2, -0.15) is 0 Å². The molecule has 2 N–H and O–H groups in total. The molecular weight excluding hydrogens is 358 g/mol. The fourth-order valence-corrected chi connectivity index (χ4v) is 2.46. The molecule has 0 radical (unpaired) electrons. The van der Waals surface area contributed by atoms with Crippen LogP contribution in [0.5, 0.6) is 0 Å². The highest BCUT2D eigenvalue weighted by molar-refractivity contribution is 5.67. The highest BCUT2D eigenvalue weighted by atomic mass is 16.6. The first-order chi connectivity index (χ1) is 12.8. The van der Waals surface area contributed by atoms with Gasteiger partial charge in [-0.1, -0.05) is 40.5 Å². The minimum absolute atomic E-state index is 0.0752. The number of hydrogen-bond donors (Lipinski definition) is 2. The lowest BCUT2D eigenvalue weighted by Crippen LogP contribution is -2.45. The molecule has 0 aromatic carbocycles. The molecule has 0 fully saturated rings. The van der Waals surface area contributed by atoms with Crippen LogP contribution in [0.4, 0.5) is 4.79 Å². The summed E-state index contributed by atoms with van der Waals surface area (Å²) < 4.78 is 17.2. The minimum Gasteiger partial charge on any atom is -0.447 e. The summed E-state index contributed by atoms with van der Waals surface area (Å²) in [5.41, 5.74) is -0.789. The molecule has 28 heavy (non-hydrogen) atoms. The van der Waals surface area contributed by atoms with Crippen LogP contribution in [0.15, 0.2) is 0 Å². The summed E-state index contributed by atoms with van der Waals surface area (Å²) in [5.74, 6) is 0.849. The number of aliphatic hydroxyl groups is 1. The van der Waals surface area contributed by atoms with Crippen LogP contribution >= 0.6 is 0 Å². The number of unbranched alkanes of at least 4 members (excludes halogenated alkanes) is 1. The Labute approximate surface area is 172 Å². The van der Waals surface area contributed by atoms with Crippen LogP contribution in [0.2, 0.25) is 0 Å². The number of carbonyl (C=O) groups excluding carboxylic acids is 1. The first kappa shape index (κ1) is 27.1. The monoisotopic (exact) mass is 403 g/mol. The molecule has 0 aliphatic heterocycles. The highest BCUT2D eigenvalue weighted by Crippen LogP contribution is 2.26. The molecule has 0 aliphatic rings. The van der Waals surface area contributed by atoms with Gasteiger partial charge in [-0.05, 0) is 52.9 Å². The fourth-order valence-electron chi connectivity index (χ4n) is 2.46. The second-order valence-corrected chi connectivity index (χ2v) is 9.39. The van der Waals surface area contributed by atoms with Crippen LogP contribution < -0.4 is 5.32 Å². The Hall–Kier alpha value is -0.850. The molecule has 6 heteroatoms. The number of aliphatic hydroxyl groups excluding tert-OH is 1. The van der Waals surface area contributed by atoms with Crippen molar-refractivity contribution in [2.24, 2.45) is 11.8 Å². The van der Waals surface area contributed by atoms with Crippen LogP contribution in [0.3, 0.4) is 0 Å². The Morgan fingerprint density at radius 1 is 1.07 bits per heavy atom. The number of nitrogens with one attached hydrogen (secondary N) is 1. The summed E-state index contributed by atoms with van der Waals surface area (Å²) in [7, 11) is 0. The van der Waals surface area contributed by atoms with E-state index in [-0.39, 0.29) is 24.9 Å². The maximum Gasteiger partial charge on any atom is 0.407 e. The van der Waals surface area contributed by atoms with Crippen molar-refractivity contribution in [2.45, 2.75) is 105 Å². The van der Waals surface area contributed by atoms with Gasteiger partial charge >= 0.3 is 6.09 Å². The van der Waals surface area contributed by atoms with Gasteiger partial charge in [0.2, 0.25) is 0 Å². The number of alkyl carbamates (subject to hydrolysis) is 1. The molecule has 0 spiro atoms. The van der Waals surface area contributed by atoms with Gasteiger partial charge in [0.1, 0.15) is 12.7 Å². The lowest BCUT2D eigenvalue weighted by molar-refractivity contribution is -0.178. The van der Waals surface area contributed by atoms with Crippen molar-refractivity contribution >= 4 is 6.09 Å². The van der Waals surface area contributed by atoms with Crippen LogP contribution in [0, 0.1) is 11.8 Å². The summed E-state index contributed by atoms with van der Waals surface area (Å²) in [6.45, 7) is 19.0. The molecule has 1 amide bonds. The summed E-state index contributed by atoms with van der Waals surface area (Å²) in [6, 6.07) is 0. The molecule has 0 bridgehead atoms. The average Bonchev–Trinajstić information content (AvgIpc) is 2.60. The first-order valence-corrected chi connectivity index (χ1v) is 10.7. The lowest BCUT2D eigenvalue weighted by atomic mass is 9.98. The van der Waals surface area contributed by atoms with E-state index in [1.165, 1.54) is 0 Å². The summed E-state index contributed by atoms with van der Waals surface area (Å²) in [4.78, 5) is 11.7. The molecular formula is C22H45NO5.